The molecule has 1 fully saturated rings. The van der Waals surface area contributed by atoms with Crippen molar-refractivity contribution in [1.82, 2.24) is 10.2 Å². The summed E-state index contributed by atoms with van der Waals surface area (Å²) in [5.41, 5.74) is 5.18. The minimum atomic E-state index is -0.450. The van der Waals surface area contributed by atoms with Crippen LogP contribution in [0.15, 0.2) is 12.7 Å². The number of primary amides is 1. The molecular formula is C12H21N3O2. The number of hydrogen-bond acceptors (Lipinski definition) is 3. The number of amides is 2. The van der Waals surface area contributed by atoms with E-state index < -0.39 is 5.91 Å². The molecule has 1 aliphatic rings. The standard InChI is InChI=1S/C12H21N3O2/c1-2-7-14-8-12(17)15(9-11(13)16)10-5-3-4-6-10/h2,10,14H,1,3-9H2,(H2,13,16). The van der Waals surface area contributed by atoms with Crippen molar-refractivity contribution in [2.45, 2.75) is 31.7 Å². The largest absolute Gasteiger partial charge is 0.368 e. The molecule has 0 aliphatic heterocycles. The summed E-state index contributed by atoms with van der Waals surface area (Å²) < 4.78 is 0. The van der Waals surface area contributed by atoms with Crippen LogP contribution in [0.2, 0.25) is 0 Å². The topological polar surface area (TPSA) is 75.4 Å². The molecule has 1 saturated carbocycles. The Hall–Kier alpha value is -1.36. The van der Waals surface area contributed by atoms with Crippen LogP contribution in [0.3, 0.4) is 0 Å². The van der Waals surface area contributed by atoms with Crippen LogP contribution < -0.4 is 11.1 Å². The van der Waals surface area contributed by atoms with Crippen molar-refractivity contribution < 1.29 is 9.59 Å². The highest BCUT2D eigenvalue weighted by atomic mass is 16.2. The molecule has 5 heteroatoms. The predicted molar refractivity (Wildman–Crippen MR) is 66.2 cm³/mol. The zero-order valence-electron chi connectivity index (χ0n) is 10.2. The van der Waals surface area contributed by atoms with E-state index in [0.29, 0.717) is 6.54 Å². The normalized spacial score (nSPS) is 15.8. The molecule has 0 heterocycles. The van der Waals surface area contributed by atoms with Crippen molar-refractivity contribution in [3.05, 3.63) is 12.7 Å². The Balaban J connectivity index is 2.51. The monoisotopic (exact) mass is 239 g/mol. The minimum Gasteiger partial charge on any atom is -0.368 e. The second-order valence-electron chi connectivity index (χ2n) is 4.35. The van der Waals surface area contributed by atoms with E-state index in [1.807, 2.05) is 0 Å². The van der Waals surface area contributed by atoms with Gasteiger partial charge in [0.2, 0.25) is 11.8 Å². The lowest BCUT2D eigenvalue weighted by atomic mass is 10.2. The fourth-order valence-electron chi connectivity index (χ4n) is 2.19. The van der Waals surface area contributed by atoms with E-state index in [-0.39, 0.29) is 25.0 Å². The van der Waals surface area contributed by atoms with Crippen molar-refractivity contribution in [2.75, 3.05) is 19.6 Å². The van der Waals surface area contributed by atoms with Gasteiger partial charge in [0.15, 0.2) is 0 Å². The first-order chi connectivity index (χ1) is 8.15. The van der Waals surface area contributed by atoms with Gasteiger partial charge < -0.3 is 16.0 Å². The molecule has 0 aromatic rings. The summed E-state index contributed by atoms with van der Waals surface area (Å²) in [4.78, 5) is 24.6. The Kier molecular flexibility index (Phi) is 5.69. The Morgan fingerprint density at radius 3 is 2.59 bits per heavy atom. The highest BCUT2D eigenvalue weighted by molar-refractivity contribution is 5.85. The fraction of sp³-hybridized carbons (Fsp3) is 0.667. The summed E-state index contributed by atoms with van der Waals surface area (Å²) in [6.07, 6.45) is 5.88. The minimum absolute atomic E-state index is 0.0271. The summed E-state index contributed by atoms with van der Waals surface area (Å²) >= 11 is 0. The first-order valence-electron chi connectivity index (χ1n) is 6.04. The van der Waals surface area contributed by atoms with Crippen molar-refractivity contribution in [1.29, 1.82) is 0 Å². The highest BCUT2D eigenvalue weighted by Gasteiger charge is 2.27. The second kappa shape index (κ2) is 7.06. The molecule has 0 saturated heterocycles. The van der Waals surface area contributed by atoms with Crippen LogP contribution >= 0.6 is 0 Å². The van der Waals surface area contributed by atoms with Crippen LogP contribution in [-0.4, -0.2) is 42.4 Å². The Morgan fingerprint density at radius 2 is 2.06 bits per heavy atom. The van der Waals surface area contributed by atoms with Crippen molar-refractivity contribution in [2.24, 2.45) is 5.73 Å². The zero-order valence-corrected chi connectivity index (χ0v) is 10.2. The molecule has 0 bridgehead atoms. The van der Waals surface area contributed by atoms with Gasteiger partial charge >= 0.3 is 0 Å². The summed E-state index contributed by atoms with van der Waals surface area (Å²) in [7, 11) is 0. The molecule has 0 spiro atoms. The number of nitrogens with one attached hydrogen (secondary N) is 1. The molecule has 2 amide bonds. The smallest absolute Gasteiger partial charge is 0.237 e. The van der Waals surface area contributed by atoms with E-state index in [1.54, 1.807) is 11.0 Å². The lowest BCUT2D eigenvalue weighted by Gasteiger charge is -2.27. The van der Waals surface area contributed by atoms with Gasteiger partial charge in [-0.15, -0.1) is 6.58 Å². The maximum atomic E-state index is 12.0. The molecule has 1 rings (SSSR count). The highest BCUT2D eigenvalue weighted by Crippen LogP contribution is 2.23. The predicted octanol–water partition coefficient (Wildman–Crippen LogP) is 0.0185. The summed E-state index contributed by atoms with van der Waals surface area (Å²) in [5, 5.41) is 2.95. The lowest BCUT2D eigenvalue weighted by molar-refractivity contribution is -0.136. The van der Waals surface area contributed by atoms with E-state index in [0.717, 1.165) is 25.7 Å². The van der Waals surface area contributed by atoms with Crippen LogP contribution in [-0.2, 0) is 9.59 Å². The van der Waals surface area contributed by atoms with E-state index in [4.69, 9.17) is 5.73 Å². The van der Waals surface area contributed by atoms with Gasteiger partial charge in [0.1, 0.15) is 0 Å². The van der Waals surface area contributed by atoms with E-state index in [1.165, 1.54) is 0 Å². The van der Waals surface area contributed by atoms with Crippen LogP contribution in [0, 0.1) is 0 Å². The molecule has 0 aromatic carbocycles. The van der Waals surface area contributed by atoms with Crippen LogP contribution in [0.25, 0.3) is 0 Å². The number of carbonyl (C=O) groups excluding carboxylic acids is 2. The molecule has 17 heavy (non-hydrogen) atoms. The second-order valence-corrected chi connectivity index (χ2v) is 4.35. The first kappa shape index (κ1) is 13.7. The third kappa shape index (κ3) is 4.56. The molecule has 0 aromatic heterocycles. The zero-order chi connectivity index (χ0) is 12.7. The van der Waals surface area contributed by atoms with Crippen molar-refractivity contribution >= 4 is 11.8 Å². The van der Waals surface area contributed by atoms with Crippen LogP contribution in [0.1, 0.15) is 25.7 Å². The average molecular weight is 239 g/mol. The van der Waals surface area contributed by atoms with E-state index in [9.17, 15) is 9.59 Å². The Morgan fingerprint density at radius 1 is 1.41 bits per heavy atom. The van der Waals surface area contributed by atoms with Gasteiger partial charge in [-0.2, -0.15) is 0 Å². The molecule has 0 atom stereocenters. The number of carbonyl (C=O) groups is 2. The molecule has 5 nitrogen and oxygen atoms in total. The summed E-state index contributed by atoms with van der Waals surface area (Å²) in [6.45, 7) is 4.41. The van der Waals surface area contributed by atoms with Gasteiger partial charge in [-0.05, 0) is 12.8 Å². The van der Waals surface area contributed by atoms with Gasteiger partial charge in [0, 0.05) is 12.6 Å². The van der Waals surface area contributed by atoms with E-state index >= 15 is 0 Å². The maximum Gasteiger partial charge on any atom is 0.237 e. The van der Waals surface area contributed by atoms with Crippen LogP contribution in [0.5, 0.6) is 0 Å². The fourth-order valence-corrected chi connectivity index (χ4v) is 2.19. The van der Waals surface area contributed by atoms with Crippen LogP contribution in [0.4, 0.5) is 0 Å². The summed E-state index contributed by atoms with van der Waals surface area (Å²) in [5.74, 6) is -0.508. The molecular weight excluding hydrogens is 218 g/mol. The quantitative estimate of drug-likeness (QED) is 0.486. The molecule has 96 valence electrons. The van der Waals surface area contributed by atoms with Crippen molar-refractivity contribution in [3.63, 3.8) is 0 Å². The third-order valence-electron chi connectivity index (χ3n) is 2.98. The third-order valence-corrected chi connectivity index (χ3v) is 2.98. The number of nitrogens with two attached hydrogens (primary N) is 1. The van der Waals surface area contributed by atoms with Gasteiger partial charge in [-0.3, -0.25) is 9.59 Å². The maximum absolute atomic E-state index is 12.0. The first-order valence-corrected chi connectivity index (χ1v) is 6.04. The Labute approximate surface area is 102 Å². The molecule has 3 N–H and O–H groups in total. The molecule has 0 radical (unpaired) electrons. The lowest BCUT2D eigenvalue weighted by Crippen LogP contribution is -2.47. The molecule has 1 aliphatic carbocycles. The number of hydrogen-bond donors (Lipinski definition) is 2. The van der Waals surface area contributed by atoms with Gasteiger partial charge in [0.25, 0.3) is 0 Å². The number of rotatable bonds is 7. The van der Waals surface area contributed by atoms with Gasteiger partial charge in [-0.1, -0.05) is 18.9 Å². The SMILES string of the molecule is C=CCNCC(=O)N(CC(N)=O)C1CCCC1. The molecule has 0 unspecified atom stereocenters. The van der Waals surface area contributed by atoms with E-state index in [2.05, 4.69) is 11.9 Å². The van der Waals surface area contributed by atoms with Crippen molar-refractivity contribution in [3.8, 4) is 0 Å². The Bertz CT molecular complexity index is 285. The van der Waals surface area contributed by atoms with Gasteiger partial charge in [-0.25, -0.2) is 0 Å². The average Bonchev–Trinajstić information content (AvgIpc) is 2.79. The number of nitrogens with zero attached hydrogens (tertiary/aromatic N) is 1. The summed E-state index contributed by atoms with van der Waals surface area (Å²) in [6, 6.07) is 0.181. The van der Waals surface area contributed by atoms with Gasteiger partial charge in [0.05, 0.1) is 13.1 Å².